The van der Waals surface area contributed by atoms with Crippen molar-refractivity contribution in [3.05, 3.63) is 107 Å². The lowest BCUT2D eigenvalue weighted by molar-refractivity contribution is -0.293. The Bertz CT molecular complexity index is 1550. The van der Waals surface area contributed by atoms with E-state index in [1.165, 1.54) is 0 Å². The Balaban J connectivity index is 1.52. The summed E-state index contributed by atoms with van der Waals surface area (Å²) in [5, 5.41) is 2.65. The van der Waals surface area contributed by atoms with Gasteiger partial charge in [0.2, 0.25) is 4.84 Å². The fourth-order valence-corrected chi connectivity index (χ4v) is 5.03. The van der Waals surface area contributed by atoms with Crippen molar-refractivity contribution < 1.29 is 47.6 Å². The molecular weight excluding hydrogens is 665 g/mol. The van der Waals surface area contributed by atoms with Crippen LogP contribution in [0.25, 0.3) is 0 Å². The average molecular weight is 703 g/mol. The lowest BCUT2D eigenvalue weighted by Gasteiger charge is -2.43. The number of esters is 3. The molecule has 11 nitrogen and oxygen atoms in total. The maximum Gasteiger partial charge on any atom is 0.407 e. The maximum atomic E-state index is 13.5. The number of aryl methyl sites for hydroxylation is 2. The Labute approximate surface area is 288 Å². The fraction of sp³-hybridized carbons (Fsp3) is 0.371. The summed E-state index contributed by atoms with van der Waals surface area (Å²) in [6.45, 7) is 5.39. The smallest absolute Gasteiger partial charge is 0.407 e. The molecule has 3 aromatic carbocycles. The molecule has 1 aliphatic heterocycles. The quantitative estimate of drug-likeness (QED) is 0.100. The molecule has 1 aliphatic rings. The van der Waals surface area contributed by atoms with Gasteiger partial charge in [0.05, 0.1) is 23.8 Å². The highest BCUT2D eigenvalue weighted by Gasteiger charge is 2.52. The van der Waals surface area contributed by atoms with Gasteiger partial charge in [0.1, 0.15) is 6.61 Å². The summed E-state index contributed by atoms with van der Waals surface area (Å²) in [7, 11) is 0. The first kappa shape index (κ1) is 36.7. The molecule has 0 saturated carbocycles. The number of halogens is 2. The van der Waals surface area contributed by atoms with Gasteiger partial charge in [0, 0.05) is 6.54 Å². The minimum absolute atomic E-state index is 0.0309. The summed E-state index contributed by atoms with van der Waals surface area (Å²) in [5.74, 6) is -2.51. The van der Waals surface area contributed by atoms with Crippen LogP contribution in [0.5, 0.6) is 0 Å². The van der Waals surface area contributed by atoms with Crippen molar-refractivity contribution in [3.63, 3.8) is 0 Å². The van der Waals surface area contributed by atoms with E-state index >= 15 is 0 Å². The molecule has 48 heavy (non-hydrogen) atoms. The number of benzene rings is 3. The van der Waals surface area contributed by atoms with Crippen molar-refractivity contribution in [1.82, 2.24) is 5.32 Å². The first-order valence-corrected chi connectivity index (χ1v) is 16.2. The molecule has 1 amide bonds. The molecule has 4 rings (SSSR count). The normalized spacial score (nSPS) is 20.4. The Kier molecular flexibility index (Phi) is 13.6. The molecule has 1 heterocycles. The summed E-state index contributed by atoms with van der Waals surface area (Å²) in [6.07, 6.45) is -6.59. The SMILES string of the molecule is Cc1ccccc1C(=O)O[C@@H]1[C@@H](OC(=O)C(Cl)Cl)[C@H](C)O[C@@H](OCCCNC(=O)OCc2ccccc2)[C@@H]1OC(=O)c1ccccc1C. The number of nitrogens with one attached hydrogen (secondary N) is 1. The van der Waals surface area contributed by atoms with Gasteiger partial charge in [-0.15, -0.1) is 0 Å². The highest BCUT2D eigenvalue weighted by molar-refractivity contribution is 6.52. The van der Waals surface area contributed by atoms with E-state index < -0.39 is 59.5 Å². The van der Waals surface area contributed by atoms with Crippen LogP contribution in [-0.4, -0.2) is 72.7 Å². The van der Waals surface area contributed by atoms with E-state index in [9.17, 15) is 19.2 Å². The highest BCUT2D eigenvalue weighted by Crippen LogP contribution is 2.31. The minimum atomic E-state index is -1.54. The number of hydrogen-bond acceptors (Lipinski definition) is 10. The number of carbonyl (C=O) groups is 4. The number of ether oxygens (including phenoxy) is 6. The molecule has 13 heteroatoms. The molecule has 0 unspecified atom stereocenters. The zero-order chi connectivity index (χ0) is 34.6. The van der Waals surface area contributed by atoms with Crippen molar-refractivity contribution in [2.75, 3.05) is 13.2 Å². The fourth-order valence-electron chi connectivity index (χ4n) is 4.93. The standard InChI is InChI=1S/C35H37Cl2NO10/c1-21-12-7-9-16-25(21)31(39)47-28-27(46-33(41)30(36)37)23(3)45-34(29(28)48-32(40)26-17-10-8-13-22(26)2)43-19-11-18-38-35(42)44-20-24-14-5-4-6-15-24/h4-10,12-17,23,27-30,34H,11,18-20H2,1-3H3,(H,38,42)/t23-,27-,28+,29+,34+/m0/s1. The summed E-state index contributed by atoms with van der Waals surface area (Å²) < 4.78 is 34.7. The minimum Gasteiger partial charge on any atom is -0.453 e. The van der Waals surface area contributed by atoms with Gasteiger partial charge in [0.25, 0.3) is 0 Å². The van der Waals surface area contributed by atoms with E-state index in [2.05, 4.69) is 5.32 Å². The van der Waals surface area contributed by atoms with Crippen molar-refractivity contribution in [2.24, 2.45) is 0 Å². The van der Waals surface area contributed by atoms with Crippen LogP contribution in [-0.2, 0) is 39.8 Å². The number of alkyl carbamates (subject to hydrolysis) is 1. The lowest BCUT2D eigenvalue weighted by atomic mass is 9.98. The Hall–Kier alpha value is -4.16. The van der Waals surface area contributed by atoms with Crippen LogP contribution in [0.1, 0.15) is 50.8 Å². The van der Waals surface area contributed by atoms with E-state index in [0.29, 0.717) is 17.5 Å². The molecular formula is C35H37Cl2NO10. The van der Waals surface area contributed by atoms with E-state index in [1.54, 1.807) is 69.3 Å². The van der Waals surface area contributed by atoms with E-state index in [-0.39, 0.29) is 30.9 Å². The number of rotatable bonds is 13. The second kappa shape index (κ2) is 17.8. The number of carbonyl (C=O) groups excluding carboxylic acids is 4. The van der Waals surface area contributed by atoms with Gasteiger partial charge in [0.15, 0.2) is 24.6 Å². The van der Waals surface area contributed by atoms with Crippen LogP contribution < -0.4 is 5.32 Å². The third kappa shape index (κ3) is 10.2. The van der Waals surface area contributed by atoms with Gasteiger partial charge in [-0.3, -0.25) is 0 Å². The average Bonchev–Trinajstić information content (AvgIpc) is 3.07. The second-order valence-electron chi connectivity index (χ2n) is 11.0. The number of amides is 1. The molecule has 1 N–H and O–H groups in total. The molecule has 0 radical (unpaired) electrons. The molecule has 1 fully saturated rings. The predicted molar refractivity (Wildman–Crippen MR) is 176 cm³/mol. The molecule has 0 bridgehead atoms. The monoisotopic (exact) mass is 701 g/mol. The molecule has 256 valence electrons. The van der Waals surface area contributed by atoms with E-state index in [1.807, 2.05) is 30.3 Å². The zero-order valence-electron chi connectivity index (χ0n) is 26.6. The molecule has 0 aromatic heterocycles. The van der Waals surface area contributed by atoms with Crippen LogP contribution in [0.3, 0.4) is 0 Å². The Morgan fingerprint density at radius 3 is 1.92 bits per heavy atom. The second-order valence-corrected chi connectivity index (χ2v) is 12.1. The molecule has 3 aromatic rings. The molecule has 0 aliphatic carbocycles. The van der Waals surface area contributed by atoms with Crippen LogP contribution in [0.15, 0.2) is 78.9 Å². The Morgan fingerprint density at radius 2 is 1.33 bits per heavy atom. The summed E-state index contributed by atoms with van der Waals surface area (Å²) in [5.41, 5.74) is 2.63. The van der Waals surface area contributed by atoms with Crippen LogP contribution >= 0.6 is 23.2 Å². The molecule has 1 saturated heterocycles. The maximum absolute atomic E-state index is 13.5. The van der Waals surface area contributed by atoms with Crippen LogP contribution in [0.2, 0.25) is 0 Å². The van der Waals surface area contributed by atoms with Gasteiger partial charge >= 0.3 is 24.0 Å². The highest BCUT2D eigenvalue weighted by atomic mass is 35.5. The summed E-state index contributed by atoms with van der Waals surface area (Å²) in [6, 6.07) is 22.8. The van der Waals surface area contributed by atoms with Crippen molar-refractivity contribution in [1.29, 1.82) is 0 Å². The molecule has 0 spiro atoms. The van der Waals surface area contributed by atoms with E-state index in [4.69, 9.17) is 51.6 Å². The van der Waals surface area contributed by atoms with E-state index in [0.717, 1.165) is 5.56 Å². The number of alkyl halides is 2. The zero-order valence-corrected chi connectivity index (χ0v) is 28.1. The third-order valence-corrected chi connectivity index (χ3v) is 7.82. The Morgan fingerprint density at radius 1 is 0.771 bits per heavy atom. The van der Waals surface area contributed by atoms with Gasteiger partial charge < -0.3 is 33.7 Å². The van der Waals surface area contributed by atoms with Gasteiger partial charge in [-0.05, 0) is 56.0 Å². The van der Waals surface area contributed by atoms with Gasteiger partial charge in [-0.1, -0.05) is 89.9 Å². The third-order valence-electron chi connectivity index (χ3n) is 7.46. The largest absolute Gasteiger partial charge is 0.453 e. The topological polar surface area (TPSA) is 136 Å². The van der Waals surface area contributed by atoms with Gasteiger partial charge in [-0.25, -0.2) is 19.2 Å². The van der Waals surface area contributed by atoms with Crippen molar-refractivity contribution in [2.45, 2.75) is 69.3 Å². The number of hydrogen-bond donors (Lipinski definition) is 1. The van der Waals surface area contributed by atoms with Crippen molar-refractivity contribution >= 4 is 47.2 Å². The predicted octanol–water partition coefficient (Wildman–Crippen LogP) is 5.85. The van der Waals surface area contributed by atoms with Crippen LogP contribution in [0.4, 0.5) is 4.79 Å². The molecule has 5 atom stereocenters. The summed E-state index contributed by atoms with van der Waals surface area (Å²) in [4.78, 5) is 50.1. The lowest BCUT2D eigenvalue weighted by Crippen LogP contribution is -2.61. The first-order chi connectivity index (χ1) is 23.0. The summed E-state index contributed by atoms with van der Waals surface area (Å²) >= 11 is 11.6. The first-order valence-electron chi connectivity index (χ1n) is 15.3. The van der Waals surface area contributed by atoms with Gasteiger partial charge in [-0.2, -0.15) is 0 Å². The van der Waals surface area contributed by atoms with Crippen molar-refractivity contribution in [3.8, 4) is 0 Å². The van der Waals surface area contributed by atoms with Crippen LogP contribution in [0, 0.1) is 13.8 Å².